The van der Waals surface area contributed by atoms with Crippen molar-refractivity contribution in [3.63, 3.8) is 0 Å². The summed E-state index contributed by atoms with van der Waals surface area (Å²) in [6.07, 6.45) is 2.00. The Morgan fingerprint density at radius 3 is 2.70 bits per heavy atom. The van der Waals surface area contributed by atoms with Crippen LogP contribution in [0.2, 0.25) is 0 Å². The summed E-state index contributed by atoms with van der Waals surface area (Å²) in [5.74, 6) is 0.131. The van der Waals surface area contributed by atoms with Crippen LogP contribution in [0.3, 0.4) is 0 Å². The summed E-state index contributed by atoms with van der Waals surface area (Å²) in [6, 6.07) is 6.07. The zero-order valence-corrected chi connectivity index (χ0v) is 12.1. The lowest BCUT2D eigenvalue weighted by molar-refractivity contribution is 0.0745. The van der Waals surface area contributed by atoms with Crippen molar-refractivity contribution in [2.24, 2.45) is 0 Å². The molecule has 110 valence electrons. The number of Topliss-reactive ketones (excluding diaryl/α,β-unsaturated/α-hetero) is 1. The monoisotopic (exact) mass is 277 g/mol. The summed E-state index contributed by atoms with van der Waals surface area (Å²) < 4.78 is 5.32. The first-order chi connectivity index (χ1) is 9.70. The van der Waals surface area contributed by atoms with Crippen LogP contribution in [0, 0.1) is 0 Å². The highest BCUT2D eigenvalue weighted by Crippen LogP contribution is 2.18. The number of ketones is 1. The molecule has 0 bridgehead atoms. The molecule has 0 spiro atoms. The van der Waals surface area contributed by atoms with Gasteiger partial charge in [-0.3, -0.25) is 4.79 Å². The van der Waals surface area contributed by atoms with E-state index < -0.39 is 0 Å². The largest absolute Gasteiger partial charge is 0.394 e. The van der Waals surface area contributed by atoms with Gasteiger partial charge in [0.2, 0.25) is 0 Å². The Kier molecular flexibility index (Phi) is 5.71. The second-order valence-electron chi connectivity index (χ2n) is 5.22. The van der Waals surface area contributed by atoms with Crippen molar-refractivity contribution in [2.75, 3.05) is 39.5 Å². The fourth-order valence-electron chi connectivity index (χ4n) is 2.57. The van der Waals surface area contributed by atoms with Crippen LogP contribution in [-0.2, 0) is 17.6 Å². The van der Waals surface area contributed by atoms with Crippen LogP contribution in [0.25, 0.3) is 0 Å². The van der Waals surface area contributed by atoms with E-state index in [9.17, 15) is 4.79 Å². The van der Waals surface area contributed by atoms with E-state index in [-0.39, 0.29) is 12.4 Å². The molecule has 1 aliphatic rings. The molecule has 2 rings (SSSR count). The molecule has 0 radical (unpaired) electrons. The van der Waals surface area contributed by atoms with Gasteiger partial charge >= 0.3 is 0 Å². The van der Waals surface area contributed by atoms with Gasteiger partial charge in [-0.1, -0.05) is 12.1 Å². The van der Waals surface area contributed by atoms with Gasteiger partial charge in [-0.2, -0.15) is 0 Å². The van der Waals surface area contributed by atoms with E-state index >= 15 is 0 Å². The minimum Gasteiger partial charge on any atom is -0.394 e. The number of benzene rings is 1. The first kappa shape index (κ1) is 15.2. The van der Waals surface area contributed by atoms with Gasteiger partial charge in [0, 0.05) is 25.2 Å². The predicted molar refractivity (Wildman–Crippen MR) is 78.2 cm³/mol. The molecule has 0 unspecified atom stereocenters. The van der Waals surface area contributed by atoms with Crippen molar-refractivity contribution < 1.29 is 14.6 Å². The number of aliphatic hydroxyl groups excluding tert-OH is 1. The summed E-state index contributed by atoms with van der Waals surface area (Å²) in [7, 11) is 0. The number of hydrogen-bond donors (Lipinski definition) is 1. The van der Waals surface area contributed by atoms with E-state index in [4.69, 9.17) is 9.84 Å². The number of fused-ring (bicyclic) bond motifs is 1. The van der Waals surface area contributed by atoms with Crippen molar-refractivity contribution in [1.29, 1.82) is 0 Å². The number of ether oxygens (including phenoxy) is 1. The van der Waals surface area contributed by atoms with Crippen LogP contribution in [0.15, 0.2) is 18.2 Å². The van der Waals surface area contributed by atoms with Crippen LogP contribution < -0.4 is 0 Å². The van der Waals surface area contributed by atoms with Crippen LogP contribution in [0.4, 0.5) is 0 Å². The second-order valence-corrected chi connectivity index (χ2v) is 5.22. The fourth-order valence-corrected chi connectivity index (χ4v) is 2.57. The number of nitrogens with zero attached hydrogens (tertiary/aromatic N) is 1. The lowest BCUT2D eigenvalue weighted by Gasteiger charge is -2.19. The minimum atomic E-state index is 0.0826. The van der Waals surface area contributed by atoms with Crippen molar-refractivity contribution >= 4 is 5.78 Å². The molecule has 0 saturated heterocycles. The first-order valence-electron chi connectivity index (χ1n) is 7.24. The highest BCUT2D eigenvalue weighted by molar-refractivity contribution is 5.94. The highest BCUT2D eigenvalue weighted by Gasteiger charge is 2.14. The van der Waals surface area contributed by atoms with Gasteiger partial charge in [0.25, 0.3) is 0 Å². The maximum atomic E-state index is 11.4. The molecule has 1 aromatic rings. The summed E-state index contributed by atoms with van der Waals surface area (Å²) in [6.45, 7) is 5.69. The molecule has 4 heteroatoms. The highest BCUT2D eigenvalue weighted by atomic mass is 16.5. The van der Waals surface area contributed by atoms with Gasteiger partial charge in [0.1, 0.15) is 0 Å². The number of carbonyl (C=O) groups excluding carboxylic acids is 1. The smallest absolute Gasteiger partial charge is 0.159 e. The summed E-state index contributed by atoms with van der Waals surface area (Å²) in [4.78, 5) is 13.8. The van der Waals surface area contributed by atoms with Crippen LogP contribution in [0.1, 0.15) is 28.4 Å². The van der Waals surface area contributed by atoms with Gasteiger partial charge in [0.15, 0.2) is 5.78 Å². The normalized spacial score (nSPS) is 15.7. The van der Waals surface area contributed by atoms with Crippen molar-refractivity contribution in [1.82, 2.24) is 4.90 Å². The molecule has 0 saturated carbocycles. The van der Waals surface area contributed by atoms with Gasteiger partial charge < -0.3 is 14.7 Å². The Morgan fingerprint density at radius 1 is 1.25 bits per heavy atom. The van der Waals surface area contributed by atoms with Crippen molar-refractivity contribution in [2.45, 2.75) is 19.8 Å². The van der Waals surface area contributed by atoms with E-state index in [1.54, 1.807) is 6.92 Å². The average molecular weight is 277 g/mol. The molecular weight excluding hydrogens is 254 g/mol. The molecule has 0 amide bonds. The lowest BCUT2D eigenvalue weighted by atomic mass is 9.99. The zero-order valence-electron chi connectivity index (χ0n) is 12.1. The minimum absolute atomic E-state index is 0.0826. The SMILES string of the molecule is CC(=O)c1ccc2c(c1)CCN(CCOCCO)CC2. The van der Waals surface area contributed by atoms with Gasteiger partial charge in [-0.15, -0.1) is 0 Å². The maximum Gasteiger partial charge on any atom is 0.159 e. The Bertz CT molecular complexity index is 459. The predicted octanol–water partition coefficient (Wildman–Crippen LogP) is 1.30. The lowest BCUT2D eigenvalue weighted by Crippen LogP contribution is -2.30. The molecule has 0 fully saturated rings. The van der Waals surface area contributed by atoms with E-state index in [1.165, 1.54) is 11.1 Å². The zero-order chi connectivity index (χ0) is 14.4. The van der Waals surface area contributed by atoms with Crippen LogP contribution in [0.5, 0.6) is 0 Å². The summed E-state index contributed by atoms with van der Waals surface area (Å²) >= 11 is 0. The molecule has 1 N–H and O–H groups in total. The quantitative estimate of drug-likeness (QED) is 0.629. The number of rotatable bonds is 6. The maximum absolute atomic E-state index is 11.4. The second kappa shape index (κ2) is 7.53. The van der Waals surface area contributed by atoms with E-state index in [1.807, 2.05) is 12.1 Å². The molecule has 1 aromatic carbocycles. The van der Waals surface area contributed by atoms with Crippen molar-refractivity contribution in [3.8, 4) is 0 Å². The molecule has 20 heavy (non-hydrogen) atoms. The van der Waals surface area contributed by atoms with Gasteiger partial charge in [-0.25, -0.2) is 0 Å². The topological polar surface area (TPSA) is 49.8 Å². The third kappa shape index (κ3) is 4.13. The van der Waals surface area contributed by atoms with Gasteiger partial charge in [-0.05, 0) is 37.0 Å². The summed E-state index contributed by atoms with van der Waals surface area (Å²) in [5, 5.41) is 8.67. The molecule has 1 aliphatic heterocycles. The molecule has 1 heterocycles. The molecular formula is C16H23NO3. The standard InChI is InChI=1S/C16H23NO3/c1-13(19)15-3-2-14-4-6-17(7-5-16(14)12-15)8-10-20-11-9-18/h2-3,12,18H,4-11H2,1H3. The average Bonchev–Trinajstić information content (AvgIpc) is 2.65. The molecule has 0 aliphatic carbocycles. The summed E-state index contributed by atoms with van der Waals surface area (Å²) in [5.41, 5.74) is 3.47. The Labute approximate surface area is 120 Å². The number of aliphatic hydroxyl groups is 1. The first-order valence-corrected chi connectivity index (χ1v) is 7.24. The van der Waals surface area contributed by atoms with Crippen LogP contribution >= 0.6 is 0 Å². The third-order valence-electron chi connectivity index (χ3n) is 3.80. The Hall–Kier alpha value is -1.23. The van der Waals surface area contributed by atoms with E-state index in [2.05, 4.69) is 11.0 Å². The van der Waals surface area contributed by atoms with E-state index in [0.29, 0.717) is 13.2 Å². The number of hydrogen-bond acceptors (Lipinski definition) is 4. The molecule has 0 aromatic heterocycles. The fraction of sp³-hybridized carbons (Fsp3) is 0.562. The molecule has 4 nitrogen and oxygen atoms in total. The Balaban J connectivity index is 1.91. The molecule has 0 atom stereocenters. The number of carbonyl (C=O) groups is 1. The van der Waals surface area contributed by atoms with E-state index in [0.717, 1.165) is 38.0 Å². The van der Waals surface area contributed by atoms with Crippen molar-refractivity contribution in [3.05, 3.63) is 34.9 Å². The third-order valence-corrected chi connectivity index (χ3v) is 3.80. The Morgan fingerprint density at radius 2 is 2.00 bits per heavy atom. The van der Waals surface area contributed by atoms with Crippen LogP contribution in [-0.4, -0.2) is 55.2 Å². The van der Waals surface area contributed by atoms with Gasteiger partial charge in [0.05, 0.1) is 19.8 Å².